The molecule has 2 heterocycles. The maximum Gasteiger partial charge on any atom is 0.139 e. The average Bonchev–Trinajstić information content (AvgIpc) is 2.70. The number of nitrogen functional groups attached to an aromatic ring is 1. The molecule has 6 heteroatoms. The quantitative estimate of drug-likeness (QED) is 0.741. The van der Waals surface area contributed by atoms with Crippen molar-refractivity contribution in [3.63, 3.8) is 0 Å². The Balaban J connectivity index is 1.97. The Morgan fingerprint density at radius 1 is 1.60 bits per heavy atom. The normalized spacial score (nSPS) is 20.7. The molecule has 0 bridgehead atoms. The first-order chi connectivity index (χ1) is 7.27. The highest BCUT2D eigenvalue weighted by atomic mass is 35.5. The van der Waals surface area contributed by atoms with Crippen LogP contribution in [0.3, 0.4) is 0 Å². The van der Waals surface area contributed by atoms with Crippen molar-refractivity contribution in [1.29, 1.82) is 0 Å². The number of ether oxygens (including phenoxy) is 1. The average molecular weight is 229 g/mol. The molecule has 82 valence electrons. The summed E-state index contributed by atoms with van der Waals surface area (Å²) in [6.45, 7) is 2.14. The van der Waals surface area contributed by atoms with E-state index in [0.29, 0.717) is 23.6 Å². The van der Waals surface area contributed by atoms with E-state index in [4.69, 9.17) is 22.1 Å². The predicted octanol–water partition coefficient (Wildman–Crippen LogP) is 0.591. The molecule has 0 aromatic carbocycles. The highest BCUT2D eigenvalue weighted by Crippen LogP contribution is 2.17. The molecule has 1 aromatic rings. The smallest absolute Gasteiger partial charge is 0.139 e. The van der Waals surface area contributed by atoms with Gasteiger partial charge in [-0.1, -0.05) is 11.6 Å². The van der Waals surface area contributed by atoms with Gasteiger partial charge in [0, 0.05) is 24.8 Å². The summed E-state index contributed by atoms with van der Waals surface area (Å²) in [5.74, 6) is 0.432. The van der Waals surface area contributed by atoms with Crippen LogP contribution in [0.5, 0.6) is 0 Å². The lowest BCUT2D eigenvalue weighted by atomic mass is 10.2. The minimum atomic E-state index is 0.376. The number of rotatable bonds is 3. The molecule has 0 aliphatic carbocycles. The molecule has 0 saturated carbocycles. The number of hydrogen-bond donors (Lipinski definition) is 2. The maximum absolute atomic E-state index is 5.91. The summed E-state index contributed by atoms with van der Waals surface area (Å²) >= 11 is 5.91. The molecular formula is C9H13ClN4O. The van der Waals surface area contributed by atoms with Crippen molar-refractivity contribution in [3.8, 4) is 0 Å². The van der Waals surface area contributed by atoms with E-state index in [1.54, 1.807) is 0 Å². The van der Waals surface area contributed by atoms with Gasteiger partial charge in [0.1, 0.15) is 17.3 Å². The number of nitrogens with one attached hydrogen (secondary N) is 1. The molecule has 0 radical (unpaired) electrons. The fourth-order valence-electron chi connectivity index (χ4n) is 1.51. The van der Waals surface area contributed by atoms with E-state index in [0.717, 1.165) is 25.2 Å². The largest absolute Gasteiger partial charge is 0.383 e. The van der Waals surface area contributed by atoms with E-state index in [2.05, 4.69) is 15.3 Å². The van der Waals surface area contributed by atoms with Gasteiger partial charge >= 0.3 is 0 Å². The number of halogens is 1. The van der Waals surface area contributed by atoms with Crippen molar-refractivity contribution in [3.05, 3.63) is 17.0 Å². The first kappa shape index (κ1) is 10.6. The number of nitrogens with zero attached hydrogens (tertiary/aromatic N) is 2. The number of anilines is 1. The van der Waals surface area contributed by atoms with E-state index in [-0.39, 0.29) is 0 Å². The van der Waals surface area contributed by atoms with Crippen LogP contribution in [-0.4, -0.2) is 29.2 Å². The molecule has 0 spiro atoms. The van der Waals surface area contributed by atoms with Crippen LogP contribution in [-0.2, 0) is 11.3 Å². The van der Waals surface area contributed by atoms with Gasteiger partial charge in [-0.15, -0.1) is 0 Å². The van der Waals surface area contributed by atoms with Gasteiger partial charge in [-0.2, -0.15) is 0 Å². The molecule has 1 aliphatic heterocycles. The molecule has 0 amide bonds. The third-order valence-corrected chi connectivity index (χ3v) is 2.75. The molecule has 1 aliphatic rings. The van der Waals surface area contributed by atoms with Gasteiger partial charge in [-0.3, -0.25) is 0 Å². The lowest BCUT2D eigenvalue weighted by Crippen LogP contribution is -2.29. The molecule has 1 saturated heterocycles. The Morgan fingerprint density at radius 3 is 3.13 bits per heavy atom. The molecular weight excluding hydrogens is 216 g/mol. The number of aromatic nitrogens is 2. The zero-order valence-electron chi connectivity index (χ0n) is 8.24. The molecule has 15 heavy (non-hydrogen) atoms. The van der Waals surface area contributed by atoms with Gasteiger partial charge in [-0.25, -0.2) is 9.97 Å². The van der Waals surface area contributed by atoms with E-state index < -0.39 is 0 Å². The van der Waals surface area contributed by atoms with Crippen molar-refractivity contribution in [2.24, 2.45) is 0 Å². The number of hydrogen-bond acceptors (Lipinski definition) is 5. The Hall–Kier alpha value is -0.910. The minimum Gasteiger partial charge on any atom is -0.383 e. The molecule has 3 N–H and O–H groups in total. The highest BCUT2D eigenvalue weighted by Gasteiger charge is 2.16. The van der Waals surface area contributed by atoms with E-state index in [1.165, 1.54) is 6.33 Å². The third kappa shape index (κ3) is 2.56. The Morgan fingerprint density at radius 2 is 2.47 bits per heavy atom. The van der Waals surface area contributed by atoms with Crippen LogP contribution in [0.2, 0.25) is 5.15 Å². The zero-order valence-corrected chi connectivity index (χ0v) is 9.00. The molecule has 1 unspecified atom stereocenters. The maximum atomic E-state index is 5.91. The van der Waals surface area contributed by atoms with Crippen LogP contribution in [0.1, 0.15) is 12.0 Å². The van der Waals surface area contributed by atoms with E-state index in [1.807, 2.05) is 0 Å². The van der Waals surface area contributed by atoms with Crippen molar-refractivity contribution in [2.75, 3.05) is 18.9 Å². The van der Waals surface area contributed by atoms with Crippen LogP contribution in [0, 0.1) is 0 Å². The summed E-state index contributed by atoms with van der Waals surface area (Å²) in [6, 6.07) is 0.376. The Kier molecular flexibility index (Phi) is 3.35. The first-order valence-corrected chi connectivity index (χ1v) is 5.21. The van der Waals surface area contributed by atoms with Crippen molar-refractivity contribution in [2.45, 2.75) is 19.0 Å². The van der Waals surface area contributed by atoms with Gasteiger partial charge in [0.2, 0.25) is 0 Å². The molecule has 1 aromatic heterocycles. The second-order valence-corrected chi connectivity index (χ2v) is 3.83. The first-order valence-electron chi connectivity index (χ1n) is 4.83. The third-order valence-electron chi connectivity index (χ3n) is 2.42. The Bertz CT molecular complexity index is 321. The van der Waals surface area contributed by atoms with Crippen LogP contribution >= 0.6 is 11.6 Å². The summed E-state index contributed by atoms with van der Waals surface area (Å²) < 4.78 is 5.25. The van der Waals surface area contributed by atoms with Crippen molar-refractivity contribution < 1.29 is 4.74 Å². The minimum absolute atomic E-state index is 0.376. The standard InChI is InChI=1S/C9H13ClN4O/c10-8-7(9(11)14-5-13-8)3-12-6-1-2-15-4-6/h5-6,12H,1-4H2,(H2,11,13,14). The lowest BCUT2D eigenvalue weighted by molar-refractivity contribution is 0.190. The van der Waals surface area contributed by atoms with Crippen LogP contribution in [0.25, 0.3) is 0 Å². The molecule has 1 fully saturated rings. The van der Waals surface area contributed by atoms with Gasteiger partial charge < -0.3 is 15.8 Å². The van der Waals surface area contributed by atoms with Gasteiger partial charge in [0.25, 0.3) is 0 Å². The fourth-order valence-corrected chi connectivity index (χ4v) is 1.72. The molecule has 5 nitrogen and oxygen atoms in total. The van der Waals surface area contributed by atoms with Gasteiger partial charge in [0.05, 0.1) is 6.61 Å². The van der Waals surface area contributed by atoms with E-state index in [9.17, 15) is 0 Å². The number of nitrogens with two attached hydrogens (primary N) is 1. The SMILES string of the molecule is Nc1ncnc(Cl)c1CNC1CCOC1. The van der Waals surface area contributed by atoms with Gasteiger partial charge in [0.15, 0.2) is 0 Å². The fraction of sp³-hybridized carbons (Fsp3) is 0.556. The zero-order chi connectivity index (χ0) is 10.7. The lowest BCUT2D eigenvalue weighted by Gasteiger charge is -2.11. The molecule has 2 rings (SSSR count). The topological polar surface area (TPSA) is 73.1 Å². The Labute approximate surface area is 93.0 Å². The van der Waals surface area contributed by atoms with Crippen LogP contribution < -0.4 is 11.1 Å². The summed E-state index contributed by atoms with van der Waals surface area (Å²) in [4.78, 5) is 7.78. The summed E-state index contributed by atoms with van der Waals surface area (Å²) in [6.07, 6.45) is 2.38. The summed E-state index contributed by atoms with van der Waals surface area (Å²) in [5, 5.41) is 3.72. The predicted molar refractivity (Wildman–Crippen MR) is 57.5 cm³/mol. The van der Waals surface area contributed by atoms with Crippen molar-refractivity contribution in [1.82, 2.24) is 15.3 Å². The van der Waals surface area contributed by atoms with Crippen LogP contribution in [0.15, 0.2) is 6.33 Å². The summed E-state index contributed by atoms with van der Waals surface area (Å²) in [5.41, 5.74) is 6.45. The van der Waals surface area contributed by atoms with Gasteiger partial charge in [-0.05, 0) is 6.42 Å². The van der Waals surface area contributed by atoms with Crippen molar-refractivity contribution >= 4 is 17.4 Å². The summed E-state index contributed by atoms with van der Waals surface area (Å²) in [7, 11) is 0. The highest BCUT2D eigenvalue weighted by molar-refractivity contribution is 6.30. The second kappa shape index (κ2) is 4.74. The second-order valence-electron chi connectivity index (χ2n) is 3.47. The monoisotopic (exact) mass is 228 g/mol. The molecule has 1 atom stereocenters. The van der Waals surface area contributed by atoms with E-state index >= 15 is 0 Å². The van der Waals surface area contributed by atoms with Crippen LogP contribution in [0.4, 0.5) is 5.82 Å².